The summed E-state index contributed by atoms with van der Waals surface area (Å²) in [6, 6.07) is 5.20. The number of aromatic nitrogens is 1. The molecule has 0 atom stereocenters. The highest BCUT2D eigenvalue weighted by molar-refractivity contribution is 5.92. The lowest BCUT2D eigenvalue weighted by Gasteiger charge is -2.01. The molecule has 0 spiro atoms. The van der Waals surface area contributed by atoms with Crippen LogP contribution in [0.15, 0.2) is 24.3 Å². The van der Waals surface area contributed by atoms with Crippen LogP contribution in [0.5, 0.6) is 0 Å². The summed E-state index contributed by atoms with van der Waals surface area (Å²) >= 11 is 0. The number of carbonyl (C=O) groups excluding carboxylic acids is 1. The zero-order valence-electron chi connectivity index (χ0n) is 11.4. The largest absolute Gasteiger partial charge is 0.464 e. The molecule has 0 unspecified atom stereocenters. The molecule has 0 amide bonds. The molecule has 5 heteroatoms. The van der Waals surface area contributed by atoms with Crippen LogP contribution in [-0.4, -0.2) is 18.1 Å². The normalized spacial score (nSPS) is 15.3. The minimum atomic E-state index is -0.601. The molecule has 1 heterocycles. The number of halogens is 2. The molecule has 0 bridgehead atoms. The number of aromatic amines is 1. The zero-order valence-corrected chi connectivity index (χ0v) is 11.4. The predicted molar refractivity (Wildman–Crippen MR) is 74.7 cm³/mol. The first-order valence-electron chi connectivity index (χ1n) is 6.54. The van der Waals surface area contributed by atoms with Gasteiger partial charge in [-0.3, -0.25) is 0 Å². The molecule has 0 aliphatic heterocycles. The fraction of sp³-hybridized carbons (Fsp3) is 0.188. The molecule has 1 N–H and O–H groups in total. The fourth-order valence-electron chi connectivity index (χ4n) is 2.55. The van der Waals surface area contributed by atoms with Crippen LogP contribution >= 0.6 is 0 Å². The van der Waals surface area contributed by atoms with E-state index >= 15 is 0 Å². The van der Waals surface area contributed by atoms with Gasteiger partial charge in [-0.2, -0.15) is 0 Å². The van der Waals surface area contributed by atoms with Gasteiger partial charge in [0.05, 0.1) is 7.11 Å². The number of ether oxygens (including phenoxy) is 1. The average molecular weight is 289 g/mol. The molecule has 108 valence electrons. The number of H-pyrrole nitrogens is 1. The Hall–Kier alpha value is -2.43. The molecule has 1 aromatic carbocycles. The Labute approximate surface area is 120 Å². The monoisotopic (exact) mass is 289 g/mol. The Bertz CT molecular complexity index is 747. The maximum absolute atomic E-state index is 13.7. The first-order chi connectivity index (χ1) is 10.1. The van der Waals surface area contributed by atoms with Gasteiger partial charge < -0.3 is 9.72 Å². The molecule has 0 fully saturated rings. The van der Waals surface area contributed by atoms with E-state index in [-0.39, 0.29) is 0 Å². The maximum Gasteiger partial charge on any atom is 0.354 e. The molecular weight excluding hydrogens is 276 g/mol. The summed E-state index contributed by atoms with van der Waals surface area (Å²) in [6.07, 6.45) is 3.19. The van der Waals surface area contributed by atoms with Crippen LogP contribution in [0.2, 0.25) is 0 Å². The van der Waals surface area contributed by atoms with Gasteiger partial charge in [0.1, 0.15) is 17.3 Å². The highest BCUT2D eigenvalue weighted by atomic mass is 19.1. The average Bonchev–Trinajstić information content (AvgIpc) is 3.02. The van der Waals surface area contributed by atoms with Gasteiger partial charge in [-0.15, -0.1) is 0 Å². The number of methoxy groups -OCH3 is 1. The molecule has 1 aliphatic carbocycles. The molecule has 0 saturated heterocycles. The van der Waals surface area contributed by atoms with E-state index in [1.54, 1.807) is 12.1 Å². The second-order valence-electron chi connectivity index (χ2n) is 4.90. The van der Waals surface area contributed by atoms with Crippen LogP contribution < -0.4 is 0 Å². The van der Waals surface area contributed by atoms with Crippen molar-refractivity contribution in [3.05, 3.63) is 58.4 Å². The minimum absolute atomic E-state index is 0.333. The fourth-order valence-corrected chi connectivity index (χ4v) is 2.55. The number of aryl methyl sites for hydroxylation is 1. The number of rotatable bonds is 2. The van der Waals surface area contributed by atoms with Crippen LogP contribution in [0.25, 0.3) is 11.6 Å². The summed E-state index contributed by atoms with van der Waals surface area (Å²) in [7, 11) is 1.32. The second-order valence-corrected chi connectivity index (χ2v) is 4.90. The second kappa shape index (κ2) is 5.16. The summed E-state index contributed by atoms with van der Waals surface area (Å²) in [5.41, 5.74) is 3.46. The molecule has 21 heavy (non-hydrogen) atoms. The van der Waals surface area contributed by atoms with Gasteiger partial charge in [-0.05, 0) is 48.3 Å². The van der Waals surface area contributed by atoms with E-state index in [0.29, 0.717) is 11.3 Å². The van der Waals surface area contributed by atoms with E-state index in [2.05, 4.69) is 9.72 Å². The Morgan fingerprint density at radius 1 is 1.29 bits per heavy atom. The first-order valence-corrected chi connectivity index (χ1v) is 6.54. The van der Waals surface area contributed by atoms with E-state index in [0.717, 1.165) is 35.7 Å². The van der Waals surface area contributed by atoms with Gasteiger partial charge in [0.25, 0.3) is 0 Å². The van der Waals surface area contributed by atoms with Gasteiger partial charge in [0.15, 0.2) is 0 Å². The number of esters is 1. The van der Waals surface area contributed by atoms with Crippen molar-refractivity contribution in [3.63, 3.8) is 0 Å². The summed E-state index contributed by atoms with van der Waals surface area (Å²) in [5.74, 6) is -1.63. The van der Waals surface area contributed by atoms with Crippen molar-refractivity contribution in [2.45, 2.75) is 12.8 Å². The van der Waals surface area contributed by atoms with Gasteiger partial charge in [-0.1, -0.05) is 0 Å². The lowest BCUT2D eigenvalue weighted by Crippen LogP contribution is -2.01. The molecule has 2 aromatic rings. The van der Waals surface area contributed by atoms with Gasteiger partial charge >= 0.3 is 5.97 Å². The van der Waals surface area contributed by atoms with Crippen LogP contribution in [0.3, 0.4) is 0 Å². The number of fused-ring (bicyclic) bond motifs is 1. The molecule has 1 aliphatic rings. The molecule has 0 radical (unpaired) electrons. The van der Waals surface area contributed by atoms with Crippen molar-refractivity contribution >= 4 is 17.6 Å². The smallest absolute Gasteiger partial charge is 0.354 e. The highest BCUT2D eigenvalue weighted by Crippen LogP contribution is 2.34. The van der Waals surface area contributed by atoms with Crippen molar-refractivity contribution in [1.29, 1.82) is 0 Å². The van der Waals surface area contributed by atoms with Gasteiger partial charge in [0, 0.05) is 17.3 Å². The topological polar surface area (TPSA) is 42.1 Å². The molecule has 3 nitrogen and oxygen atoms in total. The van der Waals surface area contributed by atoms with Crippen LogP contribution in [-0.2, 0) is 11.2 Å². The summed E-state index contributed by atoms with van der Waals surface area (Å²) in [4.78, 5) is 14.5. The number of carbonyl (C=O) groups is 1. The van der Waals surface area contributed by atoms with E-state index in [4.69, 9.17) is 0 Å². The number of hydrogen-bond acceptors (Lipinski definition) is 2. The van der Waals surface area contributed by atoms with Crippen molar-refractivity contribution in [2.75, 3.05) is 7.11 Å². The number of allylic oxidation sites excluding steroid dienone is 1. The first kappa shape index (κ1) is 13.5. The van der Waals surface area contributed by atoms with E-state index < -0.39 is 17.6 Å². The predicted octanol–water partition coefficient (Wildman–Crippen LogP) is 3.57. The van der Waals surface area contributed by atoms with E-state index in [1.165, 1.54) is 19.2 Å². The third-order valence-corrected chi connectivity index (χ3v) is 3.59. The van der Waals surface area contributed by atoms with Crippen LogP contribution in [0.4, 0.5) is 8.78 Å². The summed E-state index contributed by atoms with van der Waals surface area (Å²) in [6.45, 7) is 0. The third-order valence-electron chi connectivity index (χ3n) is 3.59. The number of hydrogen-bond donors (Lipinski definition) is 1. The van der Waals surface area contributed by atoms with E-state index in [1.807, 2.05) is 0 Å². The third kappa shape index (κ3) is 2.46. The van der Waals surface area contributed by atoms with Crippen molar-refractivity contribution in [2.24, 2.45) is 0 Å². The van der Waals surface area contributed by atoms with Crippen molar-refractivity contribution < 1.29 is 18.3 Å². The molecule has 0 saturated carbocycles. The van der Waals surface area contributed by atoms with Gasteiger partial charge in [-0.25, -0.2) is 13.6 Å². The van der Waals surface area contributed by atoms with Crippen molar-refractivity contribution in [1.82, 2.24) is 4.98 Å². The molecule has 1 aromatic heterocycles. The maximum atomic E-state index is 13.7. The lowest BCUT2D eigenvalue weighted by molar-refractivity contribution is 0.0594. The lowest BCUT2D eigenvalue weighted by atomic mass is 10.1. The summed E-state index contributed by atoms with van der Waals surface area (Å²) < 4.78 is 31.3. The number of nitrogens with one attached hydrogen (secondary N) is 1. The Morgan fingerprint density at radius 3 is 2.81 bits per heavy atom. The quantitative estimate of drug-likeness (QED) is 0.859. The van der Waals surface area contributed by atoms with Crippen LogP contribution in [0, 0.1) is 11.6 Å². The van der Waals surface area contributed by atoms with Gasteiger partial charge in [0.2, 0.25) is 0 Å². The standard InChI is InChI=1S/C16H13F2NO2/c1-21-16(20)15-8-12-9(3-5-14(12)19-15)6-10-2-4-11(17)7-13(10)18/h2,4,6-8,19H,3,5H2,1H3/b9-6+. The van der Waals surface area contributed by atoms with Crippen molar-refractivity contribution in [3.8, 4) is 0 Å². The summed E-state index contributed by atoms with van der Waals surface area (Å²) in [5, 5.41) is 0. The highest BCUT2D eigenvalue weighted by Gasteiger charge is 2.22. The number of benzene rings is 1. The minimum Gasteiger partial charge on any atom is -0.464 e. The zero-order chi connectivity index (χ0) is 15.0. The SMILES string of the molecule is COC(=O)c1cc2c([nH]1)CC/C2=C\c1ccc(F)cc1F. The van der Waals surface area contributed by atoms with Crippen LogP contribution in [0.1, 0.15) is 33.7 Å². The Morgan fingerprint density at radius 2 is 2.10 bits per heavy atom. The molecule has 3 rings (SSSR count). The Balaban J connectivity index is 1.98. The van der Waals surface area contributed by atoms with E-state index in [9.17, 15) is 13.6 Å². The molecular formula is C16H13F2NO2. The Kier molecular flexibility index (Phi) is 3.33.